The number of imidazole rings is 1. The van der Waals surface area contributed by atoms with Gasteiger partial charge in [-0.1, -0.05) is 23.7 Å². The Labute approximate surface area is 141 Å². The van der Waals surface area contributed by atoms with E-state index in [1.54, 1.807) is 4.52 Å². The highest BCUT2D eigenvalue weighted by molar-refractivity contribution is 6.33. The highest BCUT2D eigenvalue weighted by Gasteiger charge is 2.17. The van der Waals surface area contributed by atoms with Gasteiger partial charge in [-0.2, -0.15) is 4.98 Å². The molecule has 1 aliphatic rings. The molecule has 3 heterocycles. The van der Waals surface area contributed by atoms with E-state index in [4.69, 9.17) is 21.1 Å². The highest BCUT2D eigenvalue weighted by atomic mass is 35.5. The van der Waals surface area contributed by atoms with Crippen LogP contribution in [0.3, 0.4) is 0 Å². The van der Waals surface area contributed by atoms with Gasteiger partial charge in [0.05, 0.1) is 21.7 Å². The fourth-order valence-corrected chi connectivity index (χ4v) is 2.95. The Morgan fingerprint density at radius 2 is 1.88 bits per heavy atom. The summed E-state index contributed by atoms with van der Waals surface area (Å²) in [6.45, 7) is 1.09. The number of ether oxygens (including phenoxy) is 2. The summed E-state index contributed by atoms with van der Waals surface area (Å²) in [5, 5.41) is 6.96. The molecule has 8 heteroatoms. The maximum atomic E-state index is 6.16. The first-order valence-corrected chi connectivity index (χ1v) is 7.85. The molecule has 5 rings (SSSR count). The van der Waals surface area contributed by atoms with Gasteiger partial charge in [-0.15, -0.1) is 0 Å². The van der Waals surface area contributed by atoms with E-state index in [1.807, 2.05) is 36.4 Å². The summed E-state index contributed by atoms with van der Waals surface area (Å²) < 4.78 is 13.0. The number of hydrogen-bond donors (Lipinski definition) is 2. The first kappa shape index (κ1) is 13.5. The van der Waals surface area contributed by atoms with E-state index in [2.05, 4.69) is 20.4 Å². The standard InChI is InChI=1S/C16H12ClN5O2/c17-9-3-1-2-4-10(9)18-15-20-16-19-11-7-13-14(24-6-5-23-13)8-12(11)22(16)21-15/h1-4,7-8H,5-6H2,(H2,18,19,20,21). The van der Waals surface area contributed by atoms with Gasteiger partial charge >= 0.3 is 0 Å². The van der Waals surface area contributed by atoms with Gasteiger partial charge in [0.1, 0.15) is 13.2 Å². The van der Waals surface area contributed by atoms with Gasteiger partial charge in [-0.25, -0.2) is 9.50 Å². The normalized spacial score (nSPS) is 13.5. The molecule has 1 aliphatic heterocycles. The zero-order valence-corrected chi connectivity index (χ0v) is 13.2. The summed E-state index contributed by atoms with van der Waals surface area (Å²) in [5.41, 5.74) is 2.44. The Bertz CT molecular complexity index is 1070. The number of hydrogen-bond acceptors (Lipinski definition) is 5. The van der Waals surface area contributed by atoms with Crippen LogP contribution in [-0.2, 0) is 0 Å². The van der Waals surface area contributed by atoms with Crippen LogP contribution in [0.4, 0.5) is 11.6 Å². The van der Waals surface area contributed by atoms with Crippen LogP contribution in [0.2, 0.25) is 5.02 Å². The third-order valence-corrected chi connectivity index (χ3v) is 4.19. The van der Waals surface area contributed by atoms with Crippen molar-refractivity contribution in [2.45, 2.75) is 0 Å². The fourth-order valence-electron chi connectivity index (χ4n) is 2.76. The van der Waals surface area contributed by atoms with Gasteiger partial charge in [-0.05, 0) is 12.1 Å². The van der Waals surface area contributed by atoms with Crippen LogP contribution in [-0.4, -0.2) is 32.8 Å². The molecule has 0 fully saturated rings. The molecule has 0 spiro atoms. The van der Waals surface area contributed by atoms with E-state index < -0.39 is 0 Å². The van der Waals surface area contributed by atoms with Gasteiger partial charge < -0.3 is 14.8 Å². The van der Waals surface area contributed by atoms with E-state index in [0.717, 1.165) is 16.7 Å². The van der Waals surface area contributed by atoms with Crippen molar-refractivity contribution in [2.75, 3.05) is 18.5 Å². The molecule has 2 N–H and O–H groups in total. The number of benzene rings is 2. The molecule has 0 aliphatic carbocycles. The minimum absolute atomic E-state index is 0.544. The molecule has 0 bridgehead atoms. The molecule has 0 saturated heterocycles. The third-order valence-electron chi connectivity index (χ3n) is 3.86. The Kier molecular flexibility index (Phi) is 2.83. The van der Waals surface area contributed by atoms with Crippen molar-refractivity contribution in [3.8, 4) is 11.5 Å². The number of halogens is 1. The van der Waals surface area contributed by atoms with Gasteiger partial charge in [0, 0.05) is 12.1 Å². The number of rotatable bonds is 2. The van der Waals surface area contributed by atoms with Gasteiger partial charge in [0.25, 0.3) is 5.78 Å². The van der Waals surface area contributed by atoms with Gasteiger partial charge in [0.2, 0.25) is 5.95 Å². The van der Waals surface area contributed by atoms with E-state index in [9.17, 15) is 0 Å². The van der Waals surface area contributed by atoms with Crippen molar-refractivity contribution in [1.29, 1.82) is 0 Å². The van der Waals surface area contributed by atoms with E-state index in [-0.39, 0.29) is 0 Å². The van der Waals surface area contributed by atoms with E-state index in [1.165, 1.54) is 0 Å². The van der Waals surface area contributed by atoms with Crippen LogP contribution < -0.4 is 14.8 Å². The van der Waals surface area contributed by atoms with E-state index >= 15 is 0 Å². The molecule has 0 radical (unpaired) electrons. The molecular formula is C16H12ClN5O2. The number of aromatic amines is 1. The van der Waals surface area contributed by atoms with Crippen molar-refractivity contribution >= 4 is 40.0 Å². The fraction of sp³-hybridized carbons (Fsp3) is 0.125. The Morgan fingerprint density at radius 1 is 1.08 bits per heavy atom. The van der Waals surface area contributed by atoms with Crippen LogP contribution in [0, 0.1) is 0 Å². The number of H-pyrrole nitrogens is 1. The molecule has 4 aromatic rings. The Morgan fingerprint density at radius 3 is 2.71 bits per heavy atom. The number of anilines is 2. The minimum Gasteiger partial charge on any atom is -0.486 e. The van der Waals surface area contributed by atoms with Crippen LogP contribution in [0.25, 0.3) is 16.8 Å². The van der Waals surface area contributed by atoms with Crippen molar-refractivity contribution in [2.24, 2.45) is 0 Å². The second-order valence-electron chi connectivity index (χ2n) is 5.41. The summed E-state index contributed by atoms with van der Waals surface area (Å²) in [6.07, 6.45) is 0. The van der Waals surface area contributed by atoms with Crippen molar-refractivity contribution < 1.29 is 9.47 Å². The average molecular weight is 342 g/mol. The van der Waals surface area contributed by atoms with Crippen LogP contribution >= 0.6 is 11.6 Å². The molecule has 0 saturated carbocycles. The SMILES string of the molecule is Clc1ccccc1Nc1nc2nc3cc4c(cc3n2[nH]1)OCCO4. The molecule has 2 aromatic heterocycles. The van der Waals surface area contributed by atoms with Gasteiger partial charge in [0.15, 0.2) is 11.5 Å². The first-order valence-electron chi connectivity index (χ1n) is 7.47. The molecule has 120 valence electrons. The maximum absolute atomic E-state index is 6.16. The zero-order valence-electron chi connectivity index (χ0n) is 12.4. The quantitative estimate of drug-likeness (QED) is 0.584. The highest BCUT2D eigenvalue weighted by Crippen LogP contribution is 2.34. The topological polar surface area (TPSA) is 76.5 Å². The summed E-state index contributed by atoms with van der Waals surface area (Å²) in [5.74, 6) is 2.54. The molecular weight excluding hydrogens is 330 g/mol. The molecule has 0 amide bonds. The smallest absolute Gasteiger partial charge is 0.253 e. The molecule has 2 aromatic carbocycles. The molecule has 24 heavy (non-hydrogen) atoms. The monoisotopic (exact) mass is 341 g/mol. The molecule has 0 unspecified atom stereocenters. The lowest BCUT2D eigenvalue weighted by Gasteiger charge is -2.17. The van der Waals surface area contributed by atoms with Crippen molar-refractivity contribution in [3.63, 3.8) is 0 Å². The van der Waals surface area contributed by atoms with Crippen molar-refractivity contribution in [1.82, 2.24) is 19.6 Å². The minimum atomic E-state index is 0.544. The number of para-hydroxylation sites is 1. The van der Waals surface area contributed by atoms with E-state index in [0.29, 0.717) is 41.5 Å². The predicted octanol–water partition coefficient (Wildman–Crippen LogP) is 3.38. The largest absolute Gasteiger partial charge is 0.486 e. The maximum Gasteiger partial charge on any atom is 0.253 e. The van der Waals surface area contributed by atoms with Crippen LogP contribution in [0.1, 0.15) is 0 Å². The number of nitrogens with one attached hydrogen (secondary N) is 2. The average Bonchev–Trinajstić information content (AvgIpc) is 3.12. The van der Waals surface area contributed by atoms with Gasteiger partial charge in [-0.3, -0.25) is 5.10 Å². The summed E-state index contributed by atoms with van der Waals surface area (Å²) in [6, 6.07) is 11.3. The molecule has 0 atom stereocenters. The number of fused-ring (bicyclic) bond motifs is 4. The first-order chi connectivity index (χ1) is 11.8. The second-order valence-corrected chi connectivity index (χ2v) is 5.82. The lowest BCUT2D eigenvalue weighted by atomic mass is 10.2. The summed E-state index contributed by atoms with van der Waals surface area (Å²) in [4.78, 5) is 8.98. The van der Waals surface area contributed by atoms with Crippen LogP contribution in [0.15, 0.2) is 36.4 Å². The Balaban J connectivity index is 1.60. The predicted molar refractivity (Wildman–Crippen MR) is 90.6 cm³/mol. The molecule has 7 nitrogen and oxygen atoms in total. The Hall–Kier alpha value is -2.93. The summed E-state index contributed by atoms with van der Waals surface area (Å²) in [7, 11) is 0. The van der Waals surface area contributed by atoms with Crippen LogP contribution in [0.5, 0.6) is 11.5 Å². The lowest BCUT2D eigenvalue weighted by Crippen LogP contribution is -2.15. The number of nitrogens with zero attached hydrogens (tertiary/aromatic N) is 3. The second kappa shape index (κ2) is 5.04. The summed E-state index contributed by atoms with van der Waals surface area (Å²) >= 11 is 6.16. The lowest BCUT2D eigenvalue weighted by molar-refractivity contribution is 0.172. The zero-order chi connectivity index (χ0) is 16.1. The van der Waals surface area contributed by atoms with Crippen molar-refractivity contribution in [3.05, 3.63) is 41.4 Å². The third kappa shape index (κ3) is 2.05. The number of aromatic nitrogens is 4.